The largest absolute Gasteiger partial charge is 0.496 e. The number of aromatic carboxylic acids is 1. The molecule has 0 atom stereocenters. The van der Waals surface area contributed by atoms with Crippen LogP contribution in [0.3, 0.4) is 0 Å². The van der Waals surface area contributed by atoms with Gasteiger partial charge in [-0.25, -0.2) is 9.18 Å². The molecule has 2 aromatic rings. The molecule has 0 aliphatic carbocycles. The van der Waals surface area contributed by atoms with E-state index in [0.29, 0.717) is 11.3 Å². The third-order valence-corrected chi connectivity index (χ3v) is 2.85. The molecule has 1 heterocycles. The lowest BCUT2D eigenvalue weighted by Gasteiger charge is -2.11. The predicted molar refractivity (Wildman–Crippen MR) is 68.7 cm³/mol. The van der Waals surface area contributed by atoms with Crippen LogP contribution in [0, 0.1) is 5.82 Å². The van der Waals surface area contributed by atoms with Gasteiger partial charge >= 0.3 is 5.97 Å². The zero-order valence-electron chi connectivity index (χ0n) is 11.2. The second kappa shape index (κ2) is 5.20. The molecule has 7 heteroatoms. The molecule has 2 rings (SSSR count). The molecule has 106 valence electrons. The number of carboxylic acids is 1. The van der Waals surface area contributed by atoms with Gasteiger partial charge < -0.3 is 14.6 Å². The molecule has 20 heavy (non-hydrogen) atoms. The van der Waals surface area contributed by atoms with Crippen molar-refractivity contribution >= 4 is 5.97 Å². The van der Waals surface area contributed by atoms with Crippen LogP contribution in [-0.2, 0) is 7.05 Å². The Bertz CT molecular complexity index is 667. The summed E-state index contributed by atoms with van der Waals surface area (Å²) in [5.74, 6) is -1.39. The topological polar surface area (TPSA) is 73.6 Å². The van der Waals surface area contributed by atoms with Gasteiger partial charge in [0, 0.05) is 18.7 Å². The number of halogens is 1. The molecule has 0 spiro atoms. The Hall–Kier alpha value is -2.57. The number of ether oxygens (including phenoxy) is 2. The maximum absolute atomic E-state index is 13.6. The summed E-state index contributed by atoms with van der Waals surface area (Å²) >= 11 is 0. The van der Waals surface area contributed by atoms with Crippen LogP contribution in [0.15, 0.2) is 18.2 Å². The first kappa shape index (κ1) is 13.9. The van der Waals surface area contributed by atoms with Crippen LogP contribution >= 0.6 is 0 Å². The Labute approximate surface area is 114 Å². The van der Waals surface area contributed by atoms with Crippen LogP contribution in [0.1, 0.15) is 10.5 Å². The molecular formula is C13H13FN2O4. The molecule has 0 radical (unpaired) electrons. The first-order chi connectivity index (χ1) is 9.47. The van der Waals surface area contributed by atoms with E-state index >= 15 is 0 Å². The molecule has 0 amide bonds. The second-order valence-electron chi connectivity index (χ2n) is 4.03. The average molecular weight is 280 g/mol. The Balaban J connectivity index is 2.64. The van der Waals surface area contributed by atoms with Crippen LogP contribution in [0.5, 0.6) is 11.5 Å². The number of methoxy groups -OCH3 is 2. The summed E-state index contributed by atoms with van der Waals surface area (Å²) in [7, 11) is 4.34. The van der Waals surface area contributed by atoms with Crippen molar-refractivity contribution in [2.45, 2.75) is 0 Å². The molecule has 0 fully saturated rings. The van der Waals surface area contributed by atoms with E-state index in [1.807, 2.05) is 0 Å². The van der Waals surface area contributed by atoms with Crippen molar-refractivity contribution in [2.75, 3.05) is 14.2 Å². The summed E-state index contributed by atoms with van der Waals surface area (Å²) in [6, 6.07) is 4.01. The molecule has 0 bridgehead atoms. The maximum atomic E-state index is 13.6. The monoisotopic (exact) mass is 280 g/mol. The Morgan fingerprint density at radius 3 is 2.40 bits per heavy atom. The van der Waals surface area contributed by atoms with Gasteiger partial charge in [0.1, 0.15) is 5.75 Å². The summed E-state index contributed by atoms with van der Waals surface area (Å²) in [6.45, 7) is 0. The van der Waals surface area contributed by atoms with E-state index in [4.69, 9.17) is 14.6 Å². The molecule has 0 unspecified atom stereocenters. The van der Waals surface area contributed by atoms with Gasteiger partial charge in [-0.3, -0.25) is 4.68 Å². The molecule has 0 saturated heterocycles. The lowest BCUT2D eigenvalue weighted by atomic mass is 10.1. The number of carbonyl (C=O) groups is 1. The Morgan fingerprint density at radius 1 is 1.25 bits per heavy atom. The molecule has 1 aromatic heterocycles. The lowest BCUT2D eigenvalue weighted by Crippen LogP contribution is -2.00. The van der Waals surface area contributed by atoms with Gasteiger partial charge in [-0.15, -0.1) is 0 Å². The number of hydrogen-bond acceptors (Lipinski definition) is 4. The number of benzene rings is 1. The molecule has 6 nitrogen and oxygen atoms in total. The van der Waals surface area contributed by atoms with Crippen LogP contribution < -0.4 is 9.47 Å². The highest BCUT2D eigenvalue weighted by molar-refractivity contribution is 5.87. The summed E-state index contributed by atoms with van der Waals surface area (Å²) < 4.78 is 25.1. The molecular weight excluding hydrogens is 267 g/mol. The van der Waals surface area contributed by atoms with Crippen LogP contribution in [0.2, 0.25) is 0 Å². The van der Waals surface area contributed by atoms with Gasteiger partial charge in [-0.1, -0.05) is 0 Å². The molecule has 1 N–H and O–H groups in total. The summed E-state index contributed by atoms with van der Waals surface area (Å²) in [4.78, 5) is 10.9. The van der Waals surface area contributed by atoms with Crippen LogP contribution in [0.25, 0.3) is 11.3 Å². The molecule has 0 aliphatic rings. The fourth-order valence-electron chi connectivity index (χ4n) is 1.88. The number of carboxylic acid groups (broad SMARTS) is 1. The lowest BCUT2D eigenvalue weighted by molar-refractivity contribution is 0.0689. The number of aryl methyl sites for hydroxylation is 1. The molecule has 1 aromatic carbocycles. The van der Waals surface area contributed by atoms with Crippen molar-refractivity contribution < 1.29 is 23.8 Å². The van der Waals surface area contributed by atoms with E-state index in [2.05, 4.69) is 5.10 Å². The highest BCUT2D eigenvalue weighted by Gasteiger charge is 2.18. The predicted octanol–water partition coefficient (Wildman–Crippen LogP) is 1.94. The highest BCUT2D eigenvalue weighted by atomic mass is 19.1. The molecule has 0 aliphatic heterocycles. The minimum Gasteiger partial charge on any atom is -0.496 e. The fraction of sp³-hybridized carbons (Fsp3) is 0.231. The SMILES string of the molecule is COc1cc(-c2cc(C(=O)O)nn2C)c(OC)cc1F. The van der Waals surface area contributed by atoms with E-state index in [9.17, 15) is 9.18 Å². The van der Waals surface area contributed by atoms with Crippen molar-refractivity contribution in [1.82, 2.24) is 9.78 Å². The van der Waals surface area contributed by atoms with Gasteiger partial charge in [0.25, 0.3) is 0 Å². The van der Waals surface area contributed by atoms with E-state index in [1.54, 1.807) is 7.05 Å². The van der Waals surface area contributed by atoms with Crippen LogP contribution in [-0.4, -0.2) is 35.1 Å². The minimum absolute atomic E-state index is 0.0406. The summed E-state index contributed by atoms with van der Waals surface area (Å²) in [6.07, 6.45) is 0. The number of rotatable bonds is 4. The van der Waals surface area contributed by atoms with E-state index in [1.165, 1.54) is 37.1 Å². The second-order valence-corrected chi connectivity index (χ2v) is 4.03. The summed E-state index contributed by atoms with van der Waals surface area (Å²) in [5.41, 5.74) is 0.874. The zero-order chi connectivity index (χ0) is 14.9. The average Bonchev–Trinajstić information content (AvgIpc) is 2.80. The first-order valence-electron chi connectivity index (χ1n) is 5.67. The van der Waals surface area contributed by atoms with Crippen molar-refractivity contribution in [3.8, 4) is 22.8 Å². The maximum Gasteiger partial charge on any atom is 0.356 e. The Morgan fingerprint density at radius 2 is 1.90 bits per heavy atom. The number of hydrogen-bond donors (Lipinski definition) is 1. The third kappa shape index (κ3) is 2.29. The van der Waals surface area contributed by atoms with E-state index < -0.39 is 11.8 Å². The quantitative estimate of drug-likeness (QED) is 0.926. The van der Waals surface area contributed by atoms with Gasteiger partial charge in [-0.2, -0.15) is 5.10 Å². The number of aromatic nitrogens is 2. The minimum atomic E-state index is -1.14. The van der Waals surface area contributed by atoms with E-state index in [0.717, 1.165) is 0 Å². The van der Waals surface area contributed by atoms with Gasteiger partial charge in [-0.05, 0) is 12.1 Å². The van der Waals surface area contributed by atoms with Crippen molar-refractivity contribution in [3.05, 3.63) is 29.7 Å². The number of nitrogens with zero attached hydrogens (tertiary/aromatic N) is 2. The normalized spacial score (nSPS) is 10.4. The fourth-order valence-corrected chi connectivity index (χ4v) is 1.88. The van der Waals surface area contributed by atoms with Crippen molar-refractivity contribution in [2.24, 2.45) is 7.05 Å². The van der Waals surface area contributed by atoms with Gasteiger partial charge in [0.2, 0.25) is 0 Å². The first-order valence-corrected chi connectivity index (χ1v) is 5.67. The van der Waals surface area contributed by atoms with E-state index in [-0.39, 0.29) is 17.2 Å². The Kier molecular flexibility index (Phi) is 3.60. The van der Waals surface area contributed by atoms with Crippen molar-refractivity contribution in [3.63, 3.8) is 0 Å². The molecule has 0 saturated carbocycles. The highest BCUT2D eigenvalue weighted by Crippen LogP contribution is 2.35. The smallest absolute Gasteiger partial charge is 0.356 e. The van der Waals surface area contributed by atoms with Crippen molar-refractivity contribution in [1.29, 1.82) is 0 Å². The zero-order valence-corrected chi connectivity index (χ0v) is 11.2. The standard InChI is InChI=1S/C13H13FN2O4/c1-16-10(6-9(15-16)13(17)18)7-4-12(20-3)8(14)5-11(7)19-2/h4-6H,1-3H3,(H,17,18). The summed E-state index contributed by atoms with van der Waals surface area (Å²) in [5, 5.41) is 12.8. The van der Waals surface area contributed by atoms with Gasteiger partial charge in [0.15, 0.2) is 17.3 Å². The van der Waals surface area contributed by atoms with Crippen LogP contribution in [0.4, 0.5) is 4.39 Å². The van der Waals surface area contributed by atoms with Gasteiger partial charge in [0.05, 0.1) is 19.9 Å². The third-order valence-electron chi connectivity index (χ3n) is 2.85.